The SMILES string of the molecule is CCC(C)(CN)CN1CCC(N2CCCC2)C1. The number of nitrogens with zero attached hydrogens (tertiary/aromatic N) is 2. The van der Waals surface area contributed by atoms with Gasteiger partial charge in [-0.25, -0.2) is 0 Å². The van der Waals surface area contributed by atoms with E-state index in [1.54, 1.807) is 0 Å². The van der Waals surface area contributed by atoms with Crippen molar-refractivity contribution in [3.63, 3.8) is 0 Å². The normalized spacial score (nSPS) is 30.9. The molecule has 2 unspecified atom stereocenters. The fourth-order valence-corrected chi connectivity index (χ4v) is 3.22. The van der Waals surface area contributed by atoms with Gasteiger partial charge in [0.15, 0.2) is 0 Å². The van der Waals surface area contributed by atoms with Crippen LogP contribution in [-0.4, -0.2) is 55.1 Å². The summed E-state index contributed by atoms with van der Waals surface area (Å²) in [6, 6.07) is 0.830. The van der Waals surface area contributed by atoms with Gasteiger partial charge < -0.3 is 10.6 Å². The van der Waals surface area contributed by atoms with Crippen molar-refractivity contribution in [3.05, 3.63) is 0 Å². The first-order chi connectivity index (χ1) is 8.17. The third-order valence-corrected chi connectivity index (χ3v) is 4.86. The van der Waals surface area contributed by atoms with E-state index in [0.717, 1.165) is 12.6 Å². The van der Waals surface area contributed by atoms with E-state index in [1.165, 1.54) is 58.4 Å². The van der Waals surface area contributed by atoms with Crippen molar-refractivity contribution in [2.75, 3.05) is 39.3 Å². The Labute approximate surface area is 106 Å². The molecular formula is C14H29N3. The van der Waals surface area contributed by atoms with Crippen LogP contribution in [0.3, 0.4) is 0 Å². The molecule has 17 heavy (non-hydrogen) atoms. The molecule has 0 radical (unpaired) electrons. The molecule has 0 aromatic carbocycles. The Bertz CT molecular complexity index is 232. The van der Waals surface area contributed by atoms with Crippen molar-refractivity contribution in [2.45, 2.75) is 45.6 Å². The van der Waals surface area contributed by atoms with E-state index in [-0.39, 0.29) is 0 Å². The van der Waals surface area contributed by atoms with E-state index in [0.29, 0.717) is 5.41 Å². The summed E-state index contributed by atoms with van der Waals surface area (Å²) in [6.45, 7) is 11.8. The van der Waals surface area contributed by atoms with Crippen molar-refractivity contribution in [3.8, 4) is 0 Å². The van der Waals surface area contributed by atoms with Crippen LogP contribution in [0, 0.1) is 5.41 Å². The molecule has 2 aliphatic rings. The summed E-state index contributed by atoms with van der Waals surface area (Å²) in [4.78, 5) is 5.34. The molecule has 0 saturated carbocycles. The number of nitrogens with two attached hydrogens (primary N) is 1. The maximum absolute atomic E-state index is 5.92. The first-order valence-corrected chi connectivity index (χ1v) is 7.33. The van der Waals surface area contributed by atoms with Gasteiger partial charge in [-0.05, 0) is 57.3 Å². The van der Waals surface area contributed by atoms with Gasteiger partial charge in [-0.3, -0.25) is 4.90 Å². The molecule has 3 nitrogen and oxygen atoms in total. The Morgan fingerprint density at radius 1 is 1.24 bits per heavy atom. The van der Waals surface area contributed by atoms with Gasteiger partial charge in [-0.2, -0.15) is 0 Å². The third kappa shape index (κ3) is 3.21. The lowest BCUT2D eigenvalue weighted by atomic mass is 9.87. The Kier molecular flexibility index (Phi) is 4.45. The molecule has 0 aromatic rings. The molecule has 0 amide bonds. The van der Waals surface area contributed by atoms with E-state index in [2.05, 4.69) is 23.6 Å². The monoisotopic (exact) mass is 239 g/mol. The Morgan fingerprint density at radius 3 is 2.53 bits per heavy atom. The average molecular weight is 239 g/mol. The van der Waals surface area contributed by atoms with Crippen molar-refractivity contribution >= 4 is 0 Å². The number of hydrogen-bond donors (Lipinski definition) is 1. The highest BCUT2D eigenvalue weighted by atomic mass is 15.3. The van der Waals surface area contributed by atoms with Gasteiger partial charge in [-0.1, -0.05) is 13.8 Å². The van der Waals surface area contributed by atoms with Crippen LogP contribution in [0.15, 0.2) is 0 Å². The standard InChI is InChI=1S/C14H29N3/c1-3-14(2,11-15)12-16-9-6-13(10-16)17-7-4-5-8-17/h13H,3-12,15H2,1-2H3. The Hall–Kier alpha value is -0.120. The number of rotatable bonds is 5. The summed E-state index contributed by atoms with van der Waals surface area (Å²) in [5, 5.41) is 0. The minimum Gasteiger partial charge on any atom is -0.330 e. The molecule has 0 spiro atoms. The fourth-order valence-electron chi connectivity index (χ4n) is 3.22. The van der Waals surface area contributed by atoms with Gasteiger partial charge in [0.25, 0.3) is 0 Å². The van der Waals surface area contributed by atoms with E-state index in [9.17, 15) is 0 Å². The van der Waals surface area contributed by atoms with Gasteiger partial charge in [-0.15, -0.1) is 0 Å². The van der Waals surface area contributed by atoms with Crippen molar-refractivity contribution in [2.24, 2.45) is 11.1 Å². The summed E-state index contributed by atoms with van der Waals surface area (Å²) >= 11 is 0. The quantitative estimate of drug-likeness (QED) is 0.790. The molecule has 2 N–H and O–H groups in total. The smallest absolute Gasteiger partial charge is 0.0235 e. The fraction of sp³-hybridized carbons (Fsp3) is 1.00. The minimum atomic E-state index is 0.319. The average Bonchev–Trinajstić information content (AvgIpc) is 2.98. The van der Waals surface area contributed by atoms with Crippen LogP contribution in [0.4, 0.5) is 0 Å². The van der Waals surface area contributed by atoms with Gasteiger partial charge >= 0.3 is 0 Å². The molecule has 2 saturated heterocycles. The highest BCUT2D eigenvalue weighted by Crippen LogP contribution is 2.26. The highest BCUT2D eigenvalue weighted by molar-refractivity contribution is 4.88. The molecular weight excluding hydrogens is 210 g/mol. The predicted molar refractivity (Wildman–Crippen MR) is 73.1 cm³/mol. The van der Waals surface area contributed by atoms with Crippen LogP contribution >= 0.6 is 0 Å². The van der Waals surface area contributed by atoms with Crippen molar-refractivity contribution < 1.29 is 0 Å². The molecule has 3 heteroatoms. The lowest BCUT2D eigenvalue weighted by molar-refractivity contribution is 0.173. The van der Waals surface area contributed by atoms with E-state index in [4.69, 9.17) is 5.73 Å². The van der Waals surface area contributed by atoms with Crippen LogP contribution < -0.4 is 5.73 Å². The molecule has 0 aliphatic carbocycles. The third-order valence-electron chi connectivity index (χ3n) is 4.86. The van der Waals surface area contributed by atoms with E-state index >= 15 is 0 Å². The van der Waals surface area contributed by atoms with Crippen LogP contribution in [0.5, 0.6) is 0 Å². The molecule has 2 rings (SSSR count). The largest absolute Gasteiger partial charge is 0.330 e. The maximum Gasteiger partial charge on any atom is 0.0235 e. The topological polar surface area (TPSA) is 32.5 Å². The van der Waals surface area contributed by atoms with E-state index in [1.807, 2.05) is 0 Å². The lowest BCUT2D eigenvalue weighted by Gasteiger charge is -2.32. The zero-order chi connectivity index (χ0) is 12.3. The summed E-state index contributed by atoms with van der Waals surface area (Å²) in [6.07, 6.45) is 5.37. The Morgan fingerprint density at radius 2 is 1.94 bits per heavy atom. The first kappa shape index (κ1) is 13.3. The van der Waals surface area contributed by atoms with Crippen LogP contribution in [0.1, 0.15) is 39.5 Å². The first-order valence-electron chi connectivity index (χ1n) is 7.33. The second kappa shape index (κ2) is 5.68. The minimum absolute atomic E-state index is 0.319. The zero-order valence-corrected chi connectivity index (χ0v) is 11.6. The molecule has 0 aromatic heterocycles. The predicted octanol–water partition coefficient (Wildman–Crippen LogP) is 1.53. The Balaban J connectivity index is 1.81. The second-order valence-electron chi connectivity index (χ2n) is 6.29. The summed E-state index contributed by atoms with van der Waals surface area (Å²) in [5.41, 5.74) is 6.23. The molecule has 0 bridgehead atoms. The zero-order valence-electron chi connectivity index (χ0n) is 11.6. The van der Waals surface area contributed by atoms with Crippen LogP contribution in [0.2, 0.25) is 0 Å². The molecule has 2 heterocycles. The van der Waals surface area contributed by atoms with Gasteiger partial charge in [0.1, 0.15) is 0 Å². The molecule has 2 aliphatic heterocycles. The number of likely N-dealkylation sites (tertiary alicyclic amines) is 2. The second-order valence-corrected chi connectivity index (χ2v) is 6.29. The van der Waals surface area contributed by atoms with E-state index < -0.39 is 0 Å². The maximum atomic E-state index is 5.92. The highest BCUT2D eigenvalue weighted by Gasteiger charge is 2.32. The molecule has 2 atom stereocenters. The molecule has 2 fully saturated rings. The van der Waals surface area contributed by atoms with Gasteiger partial charge in [0.2, 0.25) is 0 Å². The summed E-state index contributed by atoms with van der Waals surface area (Å²) < 4.78 is 0. The summed E-state index contributed by atoms with van der Waals surface area (Å²) in [5.74, 6) is 0. The van der Waals surface area contributed by atoms with Crippen molar-refractivity contribution in [1.29, 1.82) is 0 Å². The van der Waals surface area contributed by atoms with Gasteiger partial charge in [0.05, 0.1) is 0 Å². The summed E-state index contributed by atoms with van der Waals surface area (Å²) in [7, 11) is 0. The molecule has 100 valence electrons. The van der Waals surface area contributed by atoms with Gasteiger partial charge in [0, 0.05) is 19.1 Å². The number of hydrogen-bond acceptors (Lipinski definition) is 3. The van der Waals surface area contributed by atoms with Crippen molar-refractivity contribution in [1.82, 2.24) is 9.80 Å². The lowest BCUT2D eigenvalue weighted by Crippen LogP contribution is -2.41. The van der Waals surface area contributed by atoms with Crippen LogP contribution in [-0.2, 0) is 0 Å². The van der Waals surface area contributed by atoms with Crippen LogP contribution in [0.25, 0.3) is 0 Å².